The highest BCUT2D eigenvalue weighted by atomic mass is 16.5. The van der Waals surface area contributed by atoms with E-state index in [4.69, 9.17) is 14.9 Å². The van der Waals surface area contributed by atoms with Gasteiger partial charge in [-0.2, -0.15) is 0 Å². The number of hydrogen-bond acceptors (Lipinski definition) is 4. The molecule has 0 unspecified atom stereocenters. The van der Waals surface area contributed by atoms with Gasteiger partial charge in [0.1, 0.15) is 13.2 Å². The lowest BCUT2D eigenvalue weighted by molar-refractivity contribution is -0.890. The second-order valence-corrected chi connectivity index (χ2v) is 7.07. The number of aliphatic hydroxyl groups excluding tert-OH is 1. The molecule has 0 aliphatic heterocycles. The number of nitrogens with zero attached hydrogens (tertiary/aromatic N) is 1. The highest BCUT2D eigenvalue weighted by Gasteiger charge is 2.13. The maximum Gasteiger partial charge on any atom is 0.306 e. The highest BCUT2D eigenvalue weighted by molar-refractivity contribution is 5.76. The van der Waals surface area contributed by atoms with Crippen molar-refractivity contribution in [2.75, 3.05) is 40.4 Å². The molecule has 0 rings (SSSR count). The van der Waals surface area contributed by atoms with Crippen molar-refractivity contribution in [3.8, 4) is 0 Å². The van der Waals surface area contributed by atoms with Crippen LogP contribution in [-0.4, -0.2) is 67.0 Å². The van der Waals surface area contributed by atoms with Gasteiger partial charge in [-0.05, 0) is 32.8 Å². The second-order valence-electron chi connectivity index (χ2n) is 7.07. The van der Waals surface area contributed by atoms with Crippen LogP contribution in [0.15, 0.2) is 23.3 Å². The molecule has 0 heterocycles. The zero-order valence-electron chi connectivity index (χ0n) is 16.1. The van der Waals surface area contributed by atoms with Crippen LogP contribution in [0.25, 0.3) is 0 Å². The van der Waals surface area contributed by atoms with Crippen LogP contribution in [0.5, 0.6) is 0 Å². The largest absolute Gasteiger partial charge is 0.481 e. The Hall–Kier alpha value is -1.66. The van der Waals surface area contributed by atoms with E-state index in [1.807, 2.05) is 13.0 Å². The van der Waals surface area contributed by atoms with Gasteiger partial charge in [0.15, 0.2) is 0 Å². The topological polar surface area (TPSA) is 83.8 Å². The standard InChI is InChI=1S/C19H33NO5/c1-16(10-12-20(3,4)13-14-21)6-5-7-17(2)11-15-25-19(24)9-8-18(22)23/h6,11,21H,5,7-10,12-15H2,1-4H3/p+1. The van der Waals surface area contributed by atoms with Crippen LogP contribution < -0.4 is 0 Å². The summed E-state index contributed by atoms with van der Waals surface area (Å²) in [6.45, 7) is 6.29. The molecule has 0 fully saturated rings. The Morgan fingerprint density at radius 2 is 1.60 bits per heavy atom. The minimum atomic E-state index is -0.996. The number of hydrogen-bond donors (Lipinski definition) is 2. The number of ether oxygens (including phenoxy) is 1. The van der Waals surface area contributed by atoms with Crippen LogP contribution in [-0.2, 0) is 14.3 Å². The lowest BCUT2D eigenvalue weighted by Crippen LogP contribution is -2.42. The van der Waals surface area contributed by atoms with Gasteiger partial charge >= 0.3 is 11.9 Å². The lowest BCUT2D eigenvalue weighted by atomic mass is 10.1. The van der Waals surface area contributed by atoms with Crippen LogP contribution in [0.4, 0.5) is 0 Å². The van der Waals surface area contributed by atoms with Crippen molar-refractivity contribution < 1.29 is 29.0 Å². The zero-order chi connectivity index (χ0) is 19.3. The third-order valence-electron chi connectivity index (χ3n) is 4.07. The Kier molecular flexibility index (Phi) is 11.8. The first kappa shape index (κ1) is 23.3. The third-order valence-corrected chi connectivity index (χ3v) is 4.07. The number of aliphatic hydroxyl groups is 1. The molecular formula is C19H34NO5+. The molecular weight excluding hydrogens is 322 g/mol. The summed E-state index contributed by atoms with van der Waals surface area (Å²) in [6, 6.07) is 0. The van der Waals surface area contributed by atoms with Crippen molar-refractivity contribution in [2.24, 2.45) is 0 Å². The summed E-state index contributed by atoms with van der Waals surface area (Å²) in [7, 11) is 4.24. The number of carboxylic acids is 1. The number of carbonyl (C=O) groups excluding carboxylic acids is 1. The summed E-state index contributed by atoms with van der Waals surface area (Å²) in [5, 5.41) is 17.5. The Bertz CT molecular complexity index is 480. The molecule has 2 N–H and O–H groups in total. The minimum absolute atomic E-state index is 0.0880. The van der Waals surface area contributed by atoms with E-state index < -0.39 is 11.9 Å². The Morgan fingerprint density at radius 1 is 0.960 bits per heavy atom. The molecule has 0 aliphatic carbocycles. The monoisotopic (exact) mass is 356 g/mol. The number of rotatable bonds is 13. The number of allylic oxidation sites excluding steroid dienone is 2. The van der Waals surface area contributed by atoms with Crippen molar-refractivity contribution in [1.29, 1.82) is 0 Å². The molecule has 144 valence electrons. The average Bonchev–Trinajstić information content (AvgIpc) is 2.51. The smallest absolute Gasteiger partial charge is 0.306 e. The number of aliphatic carboxylic acids is 1. The van der Waals surface area contributed by atoms with Crippen molar-refractivity contribution in [1.82, 2.24) is 0 Å². The molecule has 0 aliphatic rings. The van der Waals surface area contributed by atoms with Crippen LogP contribution in [0.2, 0.25) is 0 Å². The SMILES string of the molecule is CC(=CCOC(=O)CCC(=O)O)CCC=C(C)CC[N+](C)(C)CCO. The van der Waals surface area contributed by atoms with Gasteiger partial charge in [0.05, 0.1) is 40.1 Å². The van der Waals surface area contributed by atoms with Gasteiger partial charge in [-0.25, -0.2) is 0 Å². The fraction of sp³-hybridized carbons (Fsp3) is 0.684. The normalized spacial score (nSPS) is 13.0. The van der Waals surface area contributed by atoms with Crippen LogP contribution in [0.3, 0.4) is 0 Å². The molecule has 0 aromatic carbocycles. The fourth-order valence-electron chi connectivity index (χ4n) is 2.17. The van der Waals surface area contributed by atoms with E-state index in [0.717, 1.165) is 42.4 Å². The van der Waals surface area contributed by atoms with Crippen LogP contribution in [0.1, 0.15) is 46.0 Å². The number of quaternary nitrogens is 1. The molecule has 0 saturated carbocycles. The van der Waals surface area contributed by atoms with E-state index in [2.05, 4.69) is 27.1 Å². The highest BCUT2D eigenvalue weighted by Crippen LogP contribution is 2.11. The van der Waals surface area contributed by atoms with Crippen LogP contribution in [0, 0.1) is 0 Å². The Balaban J connectivity index is 4.01. The minimum Gasteiger partial charge on any atom is -0.481 e. The molecule has 0 saturated heterocycles. The molecule has 0 atom stereocenters. The third kappa shape index (κ3) is 14.4. The van der Waals surface area contributed by atoms with E-state index in [1.165, 1.54) is 5.57 Å². The number of carboxylic acid groups (broad SMARTS) is 1. The zero-order valence-corrected chi connectivity index (χ0v) is 16.1. The van der Waals surface area contributed by atoms with Gasteiger partial charge in [0, 0.05) is 6.42 Å². The van der Waals surface area contributed by atoms with E-state index >= 15 is 0 Å². The first-order valence-electron chi connectivity index (χ1n) is 8.78. The summed E-state index contributed by atoms with van der Waals surface area (Å²) >= 11 is 0. The first-order chi connectivity index (χ1) is 11.7. The summed E-state index contributed by atoms with van der Waals surface area (Å²) in [6.07, 6.45) is 6.66. The van der Waals surface area contributed by atoms with E-state index in [-0.39, 0.29) is 26.1 Å². The van der Waals surface area contributed by atoms with Crippen molar-refractivity contribution in [3.05, 3.63) is 23.3 Å². The van der Waals surface area contributed by atoms with Gasteiger partial charge in [0.25, 0.3) is 0 Å². The molecule has 6 nitrogen and oxygen atoms in total. The van der Waals surface area contributed by atoms with Gasteiger partial charge in [0.2, 0.25) is 0 Å². The van der Waals surface area contributed by atoms with Gasteiger partial charge in [-0.15, -0.1) is 0 Å². The number of carbonyl (C=O) groups is 2. The first-order valence-corrected chi connectivity index (χ1v) is 8.78. The van der Waals surface area contributed by atoms with E-state index in [9.17, 15) is 9.59 Å². The second kappa shape index (κ2) is 12.7. The molecule has 6 heteroatoms. The molecule has 0 aromatic rings. The van der Waals surface area contributed by atoms with Gasteiger partial charge < -0.3 is 19.4 Å². The quantitative estimate of drug-likeness (QED) is 0.301. The Labute approximate surface area is 151 Å². The lowest BCUT2D eigenvalue weighted by Gasteiger charge is -2.29. The summed E-state index contributed by atoms with van der Waals surface area (Å²) < 4.78 is 5.79. The maximum atomic E-state index is 11.3. The summed E-state index contributed by atoms with van der Waals surface area (Å²) in [5.41, 5.74) is 2.49. The molecule has 25 heavy (non-hydrogen) atoms. The van der Waals surface area contributed by atoms with Crippen molar-refractivity contribution in [3.63, 3.8) is 0 Å². The van der Waals surface area contributed by atoms with Crippen molar-refractivity contribution in [2.45, 2.75) is 46.0 Å². The van der Waals surface area contributed by atoms with Crippen LogP contribution >= 0.6 is 0 Å². The summed E-state index contributed by atoms with van der Waals surface area (Å²) in [4.78, 5) is 21.6. The predicted octanol–water partition coefficient (Wildman–Crippen LogP) is 2.53. The molecule has 0 radical (unpaired) electrons. The van der Waals surface area contributed by atoms with Gasteiger partial charge in [-0.3, -0.25) is 9.59 Å². The molecule has 0 bridgehead atoms. The average molecular weight is 356 g/mol. The molecule has 0 amide bonds. The van der Waals surface area contributed by atoms with E-state index in [0.29, 0.717) is 0 Å². The fourth-order valence-corrected chi connectivity index (χ4v) is 2.17. The molecule has 0 spiro atoms. The number of likely N-dealkylation sites (N-methyl/N-ethyl adjacent to an activating group) is 1. The van der Waals surface area contributed by atoms with E-state index in [1.54, 1.807) is 0 Å². The number of esters is 1. The Morgan fingerprint density at radius 3 is 2.20 bits per heavy atom. The van der Waals surface area contributed by atoms with Crippen molar-refractivity contribution >= 4 is 11.9 Å². The predicted molar refractivity (Wildman–Crippen MR) is 98.1 cm³/mol. The van der Waals surface area contributed by atoms with Gasteiger partial charge in [-0.1, -0.05) is 17.2 Å². The molecule has 0 aromatic heterocycles. The maximum absolute atomic E-state index is 11.3. The summed E-state index contributed by atoms with van der Waals surface area (Å²) in [5.74, 6) is -1.48.